The molecule has 1 saturated heterocycles. The van der Waals surface area contributed by atoms with Crippen LogP contribution < -0.4 is 10.2 Å². The lowest BCUT2D eigenvalue weighted by Gasteiger charge is -2.16. The van der Waals surface area contributed by atoms with Gasteiger partial charge in [-0.25, -0.2) is 4.39 Å². The van der Waals surface area contributed by atoms with Gasteiger partial charge in [0.15, 0.2) is 5.82 Å². The number of hydrogen-bond acceptors (Lipinski definition) is 4. The number of anilines is 1. The number of nitriles is 1. The van der Waals surface area contributed by atoms with Crippen molar-refractivity contribution in [2.45, 2.75) is 12.5 Å². The summed E-state index contributed by atoms with van der Waals surface area (Å²) in [5.74, 6) is 0.336. The standard InChI is InChI=1S/C21H18FN5O/c22-17-6-4-15(5-7-17)19-11-20(26-25-19)27-9-8-18(13-27)24-21(28)16-3-1-2-14(10-16)12-23/h1-7,10-11,18H,8-9,13H2,(H,24,28)(H,25,26). The number of H-pyrrole nitrogens is 1. The predicted molar refractivity (Wildman–Crippen MR) is 103 cm³/mol. The van der Waals surface area contributed by atoms with Gasteiger partial charge in [-0.05, 0) is 54.4 Å². The average molecular weight is 375 g/mol. The van der Waals surface area contributed by atoms with Crippen molar-refractivity contribution in [1.82, 2.24) is 15.5 Å². The van der Waals surface area contributed by atoms with Gasteiger partial charge in [-0.1, -0.05) is 6.07 Å². The maximum absolute atomic E-state index is 13.1. The number of benzene rings is 2. The topological polar surface area (TPSA) is 84.8 Å². The Bertz CT molecular complexity index is 1040. The maximum Gasteiger partial charge on any atom is 0.251 e. The van der Waals surface area contributed by atoms with Crippen LogP contribution in [0.5, 0.6) is 0 Å². The molecule has 1 atom stereocenters. The molecule has 0 bridgehead atoms. The van der Waals surface area contributed by atoms with Gasteiger partial charge in [0.25, 0.3) is 5.91 Å². The zero-order valence-corrected chi connectivity index (χ0v) is 15.0. The van der Waals surface area contributed by atoms with Crippen LogP contribution in [-0.2, 0) is 0 Å². The number of nitrogens with one attached hydrogen (secondary N) is 2. The molecule has 0 aliphatic carbocycles. The molecule has 28 heavy (non-hydrogen) atoms. The van der Waals surface area contributed by atoms with Crippen LogP contribution in [0.3, 0.4) is 0 Å². The number of nitrogens with zero attached hydrogens (tertiary/aromatic N) is 3. The molecule has 2 heterocycles. The molecule has 0 saturated carbocycles. The summed E-state index contributed by atoms with van der Waals surface area (Å²) in [4.78, 5) is 14.5. The first-order valence-corrected chi connectivity index (χ1v) is 9.00. The molecule has 3 aromatic rings. The van der Waals surface area contributed by atoms with Gasteiger partial charge in [0.05, 0.1) is 17.3 Å². The first-order valence-electron chi connectivity index (χ1n) is 9.00. The number of rotatable bonds is 4. The lowest BCUT2D eigenvalue weighted by Crippen LogP contribution is -2.37. The fraction of sp³-hybridized carbons (Fsp3) is 0.190. The minimum absolute atomic E-state index is 0.00390. The lowest BCUT2D eigenvalue weighted by molar-refractivity contribution is 0.0940. The largest absolute Gasteiger partial charge is 0.353 e. The molecule has 140 valence electrons. The van der Waals surface area contributed by atoms with Crippen LogP contribution in [0, 0.1) is 17.1 Å². The molecule has 1 fully saturated rings. The number of amides is 1. The first-order chi connectivity index (χ1) is 13.6. The quantitative estimate of drug-likeness (QED) is 0.734. The highest BCUT2D eigenvalue weighted by molar-refractivity contribution is 5.94. The van der Waals surface area contributed by atoms with E-state index in [-0.39, 0.29) is 17.8 Å². The summed E-state index contributed by atoms with van der Waals surface area (Å²) >= 11 is 0. The summed E-state index contributed by atoms with van der Waals surface area (Å²) in [6, 6.07) is 16.9. The highest BCUT2D eigenvalue weighted by Gasteiger charge is 2.26. The third-order valence-corrected chi connectivity index (χ3v) is 4.82. The van der Waals surface area contributed by atoms with Crippen LogP contribution >= 0.6 is 0 Å². The molecule has 1 amide bonds. The van der Waals surface area contributed by atoms with Crippen LogP contribution in [0.15, 0.2) is 54.6 Å². The van der Waals surface area contributed by atoms with Gasteiger partial charge in [-0.15, -0.1) is 0 Å². The van der Waals surface area contributed by atoms with Gasteiger partial charge in [0.2, 0.25) is 0 Å². The van der Waals surface area contributed by atoms with E-state index in [1.54, 1.807) is 36.4 Å². The van der Waals surface area contributed by atoms with Crippen molar-refractivity contribution in [3.63, 3.8) is 0 Å². The number of aromatic amines is 1. The van der Waals surface area contributed by atoms with E-state index in [9.17, 15) is 9.18 Å². The van der Waals surface area contributed by atoms with Crippen LogP contribution in [-0.4, -0.2) is 35.2 Å². The zero-order valence-electron chi connectivity index (χ0n) is 15.0. The molecule has 6 nitrogen and oxygen atoms in total. The van der Waals surface area contributed by atoms with Gasteiger partial charge < -0.3 is 10.2 Å². The highest BCUT2D eigenvalue weighted by atomic mass is 19.1. The number of hydrogen-bond donors (Lipinski definition) is 2. The fourth-order valence-corrected chi connectivity index (χ4v) is 3.34. The summed E-state index contributed by atoms with van der Waals surface area (Å²) in [7, 11) is 0. The Labute approximate surface area is 161 Å². The van der Waals surface area contributed by atoms with E-state index in [0.717, 1.165) is 30.0 Å². The Morgan fingerprint density at radius 1 is 1.25 bits per heavy atom. The average Bonchev–Trinajstić information content (AvgIpc) is 3.38. The summed E-state index contributed by atoms with van der Waals surface area (Å²) in [6.07, 6.45) is 0.808. The SMILES string of the molecule is N#Cc1cccc(C(=O)NC2CCN(c3cc(-c4ccc(F)cc4)[nH]n3)C2)c1. The predicted octanol–water partition coefficient (Wildman–Crippen LogP) is 3.10. The Hall–Kier alpha value is -3.66. The summed E-state index contributed by atoms with van der Waals surface area (Å²) in [6.45, 7) is 1.42. The van der Waals surface area contributed by atoms with Crippen molar-refractivity contribution >= 4 is 11.7 Å². The van der Waals surface area contributed by atoms with Gasteiger partial charge in [-0.3, -0.25) is 9.89 Å². The van der Waals surface area contributed by atoms with E-state index in [2.05, 4.69) is 20.4 Å². The minimum atomic E-state index is -0.276. The second-order valence-corrected chi connectivity index (χ2v) is 6.74. The van der Waals surface area contributed by atoms with E-state index in [1.807, 2.05) is 12.1 Å². The monoisotopic (exact) mass is 375 g/mol. The van der Waals surface area contributed by atoms with Crippen LogP contribution in [0.1, 0.15) is 22.3 Å². The Morgan fingerprint density at radius 3 is 2.86 bits per heavy atom. The number of halogens is 1. The molecular weight excluding hydrogens is 357 g/mol. The third kappa shape index (κ3) is 3.71. The van der Waals surface area contributed by atoms with Gasteiger partial charge in [0, 0.05) is 30.8 Å². The Balaban J connectivity index is 1.40. The van der Waals surface area contributed by atoms with Crippen LogP contribution in [0.25, 0.3) is 11.3 Å². The zero-order chi connectivity index (χ0) is 19.5. The van der Waals surface area contributed by atoms with Gasteiger partial charge in [0.1, 0.15) is 5.82 Å². The number of carbonyl (C=O) groups excluding carboxylic acids is 1. The van der Waals surface area contributed by atoms with Crippen molar-refractivity contribution in [1.29, 1.82) is 5.26 Å². The molecule has 0 radical (unpaired) electrons. The normalized spacial score (nSPS) is 16.0. The van der Waals surface area contributed by atoms with E-state index >= 15 is 0 Å². The molecule has 1 aromatic heterocycles. The van der Waals surface area contributed by atoms with Crippen LogP contribution in [0.2, 0.25) is 0 Å². The van der Waals surface area contributed by atoms with Crippen LogP contribution in [0.4, 0.5) is 10.2 Å². The molecule has 1 unspecified atom stereocenters. The summed E-state index contributed by atoms with van der Waals surface area (Å²) < 4.78 is 13.1. The van der Waals surface area contributed by atoms with E-state index < -0.39 is 0 Å². The van der Waals surface area contributed by atoms with Gasteiger partial charge in [-0.2, -0.15) is 10.4 Å². The molecule has 1 aliphatic heterocycles. The lowest BCUT2D eigenvalue weighted by atomic mass is 10.1. The first kappa shape index (κ1) is 17.7. The van der Waals surface area contributed by atoms with Crippen molar-refractivity contribution in [2.24, 2.45) is 0 Å². The van der Waals surface area contributed by atoms with Crippen molar-refractivity contribution in [3.05, 3.63) is 71.5 Å². The second kappa shape index (κ2) is 7.53. The van der Waals surface area contributed by atoms with Crippen molar-refractivity contribution in [3.8, 4) is 17.3 Å². The minimum Gasteiger partial charge on any atom is -0.353 e. The van der Waals surface area contributed by atoms with E-state index in [4.69, 9.17) is 5.26 Å². The molecule has 0 spiro atoms. The molecule has 2 N–H and O–H groups in total. The number of aromatic nitrogens is 2. The van der Waals surface area contributed by atoms with Gasteiger partial charge >= 0.3 is 0 Å². The molecule has 7 heteroatoms. The van der Waals surface area contributed by atoms with Crippen molar-refractivity contribution in [2.75, 3.05) is 18.0 Å². The maximum atomic E-state index is 13.1. The summed E-state index contributed by atoms with van der Waals surface area (Å²) in [5.41, 5.74) is 2.62. The second-order valence-electron chi connectivity index (χ2n) is 6.74. The molecular formula is C21H18FN5O. The molecule has 4 rings (SSSR count). The Kier molecular flexibility index (Phi) is 4.77. The third-order valence-electron chi connectivity index (χ3n) is 4.82. The Morgan fingerprint density at radius 2 is 2.07 bits per heavy atom. The number of carbonyl (C=O) groups is 1. The van der Waals surface area contributed by atoms with Crippen molar-refractivity contribution < 1.29 is 9.18 Å². The summed E-state index contributed by atoms with van der Waals surface area (Å²) in [5, 5.41) is 19.3. The van der Waals surface area contributed by atoms with E-state index in [1.165, 1.54) is 12.1 Å². The molecule has 2 aromatic carbocycles. The molecule has 1 aliphatic rings. The smallest absolute Gasteiger partial charge is 0.251 e. The van der Waals surface area contributed by atoms with E-state index in [0.29, 0.717) is 17.7 Å². The fourth-order valence-electron chi connectivity index (χ4n) is 3.34. The highest BCUT2D eigenvalue weighted by Crippen LogP contribution is 2.24.